The molecule has 2 saturated carbocycles. The van der Waals surface area contributed by atoms with Crippen LogP contribution in [-0.2, 0) is 0 Å². The van der Waals surface area contributed by atoms with Crippen molar-refractivity contribution in [1.29, 1.82) is 0 Å². The van der Waals surface area contributed by atoms with Gasteiger partial charge >= 0.3 is 5.97 Å². The second-order valence-corrected chi connectivity index (χ2v) is 12.7. The maximum absolute atomic E-state index is 12.3. The molecule has 0 bridgehead atoms. The summed E-state index contributed by atoms with van der Waals surface area (Å²) in [6.07, 6.45) is 20.5. The van der Waals surface area contributed by atoms with Gasteiger partial charge in [0.25, 0.3) is 0 Å². The van der Waals surface area contributed by atoms with Gasteiger partial charge in [0.15, 0.2) is 0 Å². The van der Waals surface area contributed by atoms with Crippen LogP contribution in [0.15, 0.2) is 30.5 Å². The van der Waals surface area contributed by atoms with Gasteiger partial charge in [0.1, 0.15) is 0 Å². The summed E-state index contributed by atoms with van der Waals surface area (Å²) in [5.74, 6) is 0.681. The fourth-order valence-electron chi connectivity index (χ4n) is 8.53. The van der Waals surface area contributed by atoms with Crippen LogP contribution in [0.4, 0.5) is 0 Å². The number of rotatable bonds is 6. The number of carbonyl (C=O) groups is 1. The number of nitrogens with zero attached hydrogens (tertiary/aromatic N) is 2. The lowest BCUT2D eigenvalue weighted by Crippen LogP contribution is -2.33. The largest absolute Gasteiger partial charge is 0.478 e. The normalized spacial score (nSPS) is 24.1. The van der Waals surface area contributed by atoms with Crippen LogP contribution in [-0.4, -0.2) is 45.2 Å². The molecule has 0 radical (unpaired) electrons. The van der Waals surface area contributed by atoms with Crippen LogP contribution in [0.3, 0.4) is 0 Å². The van der Waals surface area contributed by atoms with Crippen molar-refractivity contribution >= 4 is 28.6 Å². The molecule has 2 aliphatic heterocycles. The highest BCUT2D eigenvalue weighted by molar-refractivity contribution is 5.91. The van der Waals surface area contributed by atoms with E-state index in [2.05, 4.69) is 44.9 Å². The first-order chi connectivity index (χ1) is 19.2. The van der Waals surface area contributed by atoms with Gasteiger partial charge in [-0.3, -0.25) is 0 Å². The molecular formula is C34H43N3O2. The van der Waals surface area contributed by atoms with E-state index in [0.717, 1.165) is 17.0 Å². The van der Waals surface area contributed by atoms with Crippen molar-refractivity contribution in [3.8, 4) is 0 Å². The summed E-state index contributed by atoms with van der Waals surface area (Å²) >= 11 is 0. The number of nitrogens with one attached hydrogen (secondary N) is 1. The third-order valence-corrected chi connectivity index (χ3v) is 10.4. The topological polar surface area (TPSA) is 61.3 Å². The van der Waals surface area contributed by atoms with E-state index in [9.17, 15) is 9.90 Å². The van der Waals surface area contributed by atoms with Crippen LogP contribution in [0.5, 0.6) is 0 Å². The van der Waals surface area contributed by atoms with Gasteiger partial charge in [0.05, 0.1) is 11.1 Å². The molecule has 1 saturated heterocycles. The van der Waals surface area contributed by atoms with Crippen molar-refractivity contribution in [2.75, 3.05) is 19.6 Å². The number of aromatic amines is 1. The zero-order valence-electron chi connectivity index (χ0n) is 23.3. The number of aromatic nitrogens is 2. The molecule has 2 aliphatic carbocycles. The number of para-hydroxylation sites is 1. The maximum atomic E-state index is 12.3. The Kier molecular flexibility index (Phi) is 6.88. The van der Waals surface area contributed by atoms with Crippen LogP contribution < -0.4 is 10.6 Å². The van der Waals surface area contributed by atoms with E-state index in [1.165, 1.54) is 124 Å². The van der Waals surface area contributed by atoms with Crippen LogP contribution in [0.25, 0.3) is 22.7 Å². The molecule has 3 aromatic rings. The molecule has 39 heavy (non-hydrogen) atoms. The number of piperidine rings is 1. The molecule has 0 spiro atoms. The molecule has 206 valence electrons. The molecule has 4 aliphatic rings. The lowest BCUT2D eigenvalue weighted by molar-refractivity contribution is 0.0696. The fraction of sp³-hybridized carbons (Fsp3) is 0.559. The second-order valence-electron chi connectivity index (χ2n) is 12.7. The van der Waals surface area contributed by atoms with Gasteiger partial charge in [-0.05, 0) is 106 Å². The predicted molar refractivity (Wildman–Crippen MR) is 158 cm³/mol. The number of aromatic carboxylic acids is 1. The minimum absolute atomic E-state index is 0.338. The molecule has 3 fully saturated rings. The van der Waals surface area contributed by atoms with Gasteiger partial charge in [0, 0.05) is 40.0 Å². The van der Waals surface area contributed by atoms with E-state index in [1.54, 1.807) is 6.20 Å². The Morgan fingerprint density at radius 3 is 2.64 bits per heavy atom. The zero-order chi connectivity index (χ0) is 26.3. The summed E-state index contributed by atoms with van der Waals surface area (Å²) in [5, 5.41) is 13.4. The SMILES string of the molecule is O=C(O)c1c[nH]c2c1=Cn1c(cc3cccc(C4CCCCC4)c31)[C@H]1C=2CCCC1CCCN1CCCCC1. The van der Waals surface area contributed by atoms with Crippen molar-refractivity contribution in [2.45, 2.75) is 95.3 Å². The Balaban J connectivity index is 1.35. The van der Waals surface area contributed by atoms with Crippen molar-refractivity contribution in [3.63, 3.8) is 0 Å². The van der Waals surface area contributed by atoms with Crippen LogP contribution >= 0.6 is 0 Å². The standard InChI is InChI=1S/C34H43N3O2/c38-34(39)28-21-35-32-27-16-7-12-24(14-9-19-36-17-5-2-6-18-36)31(27)30-20-25-13-8-15-26(23-10-3-1-4-11-23)33(25)37(30)22-29(28)32/h8,13,15,20-24,31,35H,1-7,9-12,14,16-19H2,(H,38,39)/t24?,31-/m1/s1. The van der Waals surface area contributed by atoms with E-state index in [-0.39, 0.29) is 0 Å². The highest BCUT2D eigenvalue weighted by atomic mass is 16.4. The summed E-state index contributed by atoms with van der Waals surface area (Å²) in [4.78, 5) is 18.5. The first-order valence-corrected chi connectivity index (χ1v) is 15.7. The minimum Gasteiger partial charge on any atom is -0.478 e. The van der Waals surface area contributed by atoms with Gasteiger partial charge in [-0.25, -0.2) is 4.79 Å². The Bertz CT molecular complexity index is 1480. The predicted octanol–water partition coefficient (Wildman–Crippen LogP) is 6.32. The molecule has 2 aromatic heterocycles. The van der Waals surface area contributed by atoms with E-state index in [4.69, 9.17) is 0 Å². The molecule has 2 N–H and O–H groups in total. The molecule has 0 amide bonds. The van der Waals surface area contributed by atoms with Gasteiger partial charge in [0.2, 0.25) is 0 Å². The van der Waals surface area contributed by atoms with E-state index in [1.807, 2.05) is 0 Å². The molecule has 2 atom stereocenters. The Morgan fingerprint density at radius 1 is 1.00 bits per heavy atom. The van der Waals surface area contributed by atoms with E-state index in [0.29, 0.717) is 23.3 Å². The summed E-state index contributed by atoms with van der Waals surface area (Å²) in [6, 6.07) is 9.33. The van der Waals surface area contributed by atoms with Crippen LogP contribution in [0.1, 0.15) is 117 Å². The van der Waals surface area contributed by atoms with Gasteiger partial charge in [-0.1, -0.05) is 43.9 Å². The molecule has 1 aromatic carbocycles. The number of fused-ring (bicyclic) bond motifs is 6. The summed E-state index contributed by atoms with van der Waals surface area (Å²) in [5.41, 5.74) is 6.00. The van der Waals surface area contributed by atoms with Gasteiger partial charge in [-0.15, -0.1) is 0 Å². The third kappa shape index (κ3) is 4.57. The third-order valence-electron chi connectivity index (χ3n) is 10.4. The van der Waals surface area contributed by atoms with Gasteiger partial charge < -0.3 is 19.6 Å². The number of carboxylic acids is 1. The number of H-pyrrole nitrogens is 1. The lowest BCUT2D eigenvalue weighted by Gasteiger charge is -2.35. The summed E-state index contributed by atoms with van der Waals surface area (Å²) in [6.45, 7) is 3.75. The maximum Gasteiger partial charge on any atom is 0.337 e. The van der Waals surface area contributed by atoms with Crippen molar-refractivity contribution in [2.24, 2.45) is 5.92 Å². The average molecular weight is 526 g/mol. The number of hydrogen-bond acceptors (Lipinski definition) is 2. The smallest absolute Gasteiger partial charge is 0.337 e. The Morgan fingerprint density at radius 2 is 1.82 bits per heavy atom. The van der Waals surface area contributed by atoms with E-state index >= 15 is 0 Å². The van der Waals surface area contributed by atoms with Crippen LogP contribution in [0.2, 0.25) is 0 Å². The van der Waals surface area contributed by atoms with Crippen molar-refractivity contribution < 1.29 is 9.90 Å². The molecule has 4 heterocycles. The first-order valence-electron chi connectivity index (χ1n) is 15.7. The number of likely N-dealkylation sites (tertiary alicyclic amines) is 1. The molecule has 5 heteroatoms. The highest BCUT2D eigenvalue weighted by Crippen LogP contribution is 2.47. The highest BCUT2D eigenvalue weighted by Gasteiger charge is 2.35. The first kappa shape index (κ1) is 25.2. The zero-order valence-corrected chi connectivity index (χ0v) is 23.3. The average Bonchev–Trinajstić information content (AvgIpc) is 3.53. The lowest BCUT2D eigenvalue weighted by atomic mass is 9.72. The Hall–Kier alpha value is -2.79. The molecule has 5 nitrogen and oxygen atoms in total. The Labute approximate surface area is 231 Å². The second kappa shape index (κ2) is 10.6. The minimum atomic E-state index is -0.845. The monoisotopic (exact) mass is 525 g/mol. The summed E-state index contributed by atoms with van der Waals surface area (Å²) in [7, 11) is 0. The molecule has 7 rings (SSSR count). The fourth-order valence-corrected chi connectivity index (χ4v) is 8.53. The summed E-state index contributed by atoms with van der Waals surface area (Å²) < 4.78 is 2.44. The van der Waals surface area contributed by atoms with Crippen LogP contribution in [0, 0.1) is 5.92 Å². The van der Waals surface area contributed by atoms with Crippen molar-refractivity contribution in [3.05, 3.63) is 57.9 Å². The van der Waals surface area contributed by atoms with Gasteiger partial charge in [-0.2, -0.15) is 0 Å². The quantitative estimate of drug-likeness (QED) is 0.396. The number of benzene rings is 1. The molecule has 1 unspecified atom stereocenters. The number of hydrogen-bond donors (Lipinski definition) is 2. The molecular weight excluding hydrogens is 482 g/mol. The van der Waals surface area contributed by atoms with Crippen molar-refractivity contribution in [1.82, 2.24) is 14.5 Å². The number of carboxylic acid groups (broad SMARTS) is 1. The van der Waals surface area contributed by atoms with E-state index < -0.39 is 5.97 Å².